The number of rotatable bonds is 8. The van der Waals surface area contributed by atoms with E-state index >= 15 is 0 Å². The van der Waals surface area contributed by atoms with Crippen molar-refractivity contribution >= 4 is 23.2 Å². The fraction of sp³-hybridized carbons (Fsp3) is 0.368. The summed E-state index contributed by atoms with van der Waals surface area (Å²) in [7, 11) is 0. The van der Waals surface area contributed by atoms with Gasteiger partial charge in [0.2, 0.25) is 0 Å². The number of amides is 1. The topological polar surface area (TPSA) is 54.0 Å². The second kappa shape index (κ2) is 9.28. The molecule has 1 amide bonds. The van der Waals surface area contributed by atoms with Gasteiger partial charge in [0.05, 0.1) is 0 Å². The van der Waals surface area contributed by atoms with Gasteiger partial charge in [-0.05, 0) is 48.6 Å². The molecule has 0 aliphatic carbocycles. The zero-order valence-corrected chi connectivity index (χ0v) is 14.9. The third kappa shape index (κ3) is 6.20. The number of pyridine rings is 1. The van der Waals surface area contributed by atoms with Gasteiger partial charge < -0.3 is 10.6 Å². The highest BCUT2D eigenvalue weighted by Gasteiger charge is 2.07. The zero-order valence-electron chi connectivity index (χ0n) is 14.2. The Balaban J connectivity index is 1.83. The minimum absolute atomic E-state index is 0.162. The van der Waals surface area contributed by atoms with E-state index in [0.29, 0.717) is 23.2 Å². The molecule has 128 valence electrons. The van der Waals surface area contributed by atoms with Crippen molar-refractivity contribution in [3.8, 4) is 0 Å². The van der Waals surface area contributed by atoms with Crippen molar-refractivity contribution in [2.75, 3.05) is 18.4 Å². The van der Waals surface area contributed by atoms with Gasteiger partial charge in [0.1, 0.15) is 5.69 Å². The maximum Gasteiger partial charge on any atom is 0.269 e. The molecule has 1 heterocycles. The smallest absolute Gasteiger partial charge is 0.269 e. The Morgan fingerprint density at radius 2 is 2.04 bits per heavy atom. The largest absolute Gasteiger partial charge is 0.385 e. The van der Waals surface area contributed by atoms with Crippen LogP contribution in [0.3, 0.4) is 0 Å². The van der Waals surface area contributed by atoms with Gasteiger partial charge in [0.25, 0.3) is 5.91 Å². The highest BCUT2D eigenvalue weighted by Crippen LogP contribution is 2.11. The molecule has 0 aliphatic heterocycles. The first-order valence-electron chi connectivity index (χ1n) is 8.27. The summed E-state index contributed by atoms with van der Waals surface area (Å²) in [4.78, 5) is 16.4. The van der Waals surface area contributed by atoms with Crippen LogP contribution in [0.5, 0.6) is 0 Å². The Morgan fingerprint density at radius 3 is 2.79 bits per heavy atom. The summed E-state index contributed by atoms with van der Waals surface area (Å²) in [5.74, 6) is 0.484. The zero-order chi connectivity index (χ0) is 17.4. The number of halogens is 1. The van der Waals surface area contributed by atoms with Crippen LogP contribution in [0.2, 0.25) is 5.02 Å². The Morgan fingerprint density at radius 1 is 1.21 bits per heavy atom. The van der Waals surface area contributed by atoms with Crippen molar-refractivity contribution in [3.63, 3.8) is 0 Å². The molecule has 0 spiro atoms. The Bertz CT molecular complexity index is 673. The van der Waals surface area contributed by atoms with Crippen LogP contribution < -0.4 is 10.6 Å². The Hall–Kier alpha value is -2.07. The molecule has 0 fully saturated rings. The van der Waals surface area contributed by atoms with Crippen LogP contribution in [0.4, 0.5) is 5.69 Å². The van der Waals surface area contributed by atoms with Gasteiger partial charge in [-0.15, -0.1) is 0 Å². The third-order valence-corrected chi connectivity index (χ3v) is 3.87. The van der Waals surface area contributed by atoms with E-state index < -0.39 is 0 Å². The minimum Gasteiger partial charge on any atom is -0.385 e. The summed E-state index contributed by atoms with van der Waals surface area (Å²) in [6.45, 7) is 5.81. The van der Waals surface area contributed by atoms with Gasteiger partial charge in [0.15, 0.2) is 0 Å². The maximum absolute atomic E-state index is 12.2. The standard InChI is InChI=1S/C19H24ClN3O/c1-14(2)6-9-21-17-8-11-22-18(13-17)19(24)23-10-7-15-4-3-5-16(20)12-15/h3-5,8,11-14H,6-7,9-10H2,1-2H3,(H,21,22)(H,23,24). The molecule has 1 aromatic heterocycles. The monoisotopic (exact) mass is 345 g/mol. The van der Waals surface area contributed by atoms with Gasteiger partial charge in [-0.25, -0.2) is 0 Å². The first-order chi connectivity index (χ1) is 11.5. The molecule has 1 aromatic carbocycles. The first-order valence-corrected chi connectivity index (χ1v) is 8.65. The van der Waals surface area contributed by atoms with Crippen LogP contribution in [0, 0.1) is 5.92 Å². The summed E-state index contributed by atoms with van der Waals surface area (Å²) in [6, 6.07) is 11.3. The predicted molar refractivity (Wildman–Crippen MR) is 99.7 cm³/mol. The van der Waals surface area contributed by atoms with Crippen molar-refractivity contribution in [1.29, 1.82) is 0 Å². The van der Waals surface area contributed by atoms with E-state index in [0.717, 1.165) is 30.6 Å². The molecule has 4 nitrogen and oxygen atoms in total. The SMILES string of the molecule is CC(C)CCNc1ccnc(C(=O)NCCc2cccc(Cl)c2)c1. The number of benzene rings is 1. The fourth-order valence-corrected chi connectivity index (χ4v) is 2.49. The molecule has 0 saturated heterocycles. The highest BCUT2D eigenvalue weighted by molar-refractivity contribution is 6.30. The van der Waals surface area contributed by atoms with E-state index in [1.807, 2.05) is 30.3 Å². The van der Waals surface area contributed by atoms with Gasteiger partial charge >= 0.3 is 0 Å². The average molecular weight is 346 g/mol. The molecule has 2 aromatic rings. The third-order valence-electron chi connectivity index (χ3n) is 3.63. The number of hydrogen-bond donors (Lipinski definition) is 2. The molecule has 0 radical (unpaired) electrons. The maximum atomic E-state index is 12.2. The lowest BCUT2D eigenvalue weighted by atomic mass is 10.1. The highest BCUT2D eigenvalue weighted by atomic mass is 35.5. The molecule has 5 heteroatoms. The lowest BCUT2D eigenvalue weighted by Gasteiger charge is -2.10. The molecule has 2 N–H and O–H groups in total. The van der Waals surface area contributed by atoms with Crippen molar-refractivity contribution < 1.29 is 4.79 Å². The van der Waals surface area contributed by atoms with Crippen LogP contribution in [-0.4, -0.2) is 24.0 Å². The van der Waals surface area contributed by atoms with E-state index in [-0.39, 0.29) is 5.91 Å². The van der Waals surface area contributed by atoms with Gasteiger partial charge in [-0.2, -0.15) is 0 Å². The number of aromatic nitrogens is 1. The summed E-state index contributed by atoms with van der Waals surface area (Å²) >= 11 is 5.96. The second-order valence-corrected chi connectivity index (χ2v) is 6.61. The van der Waals surface area contributed by atoms with E-state index in [4.69, 9.17) is 11.6 Å². The Kier molecular flexibility index (Phi) is 7.07. The molecule has 0 aliphatic rings. The lowest BCUT2D eigenvalue weighted by Crippen LogP contribution is -2.26. The fourth-order valence-electron chi connectivity index (χ4n) is 2.27. The van der Waals surface area contributed by atoms with Crippen molar-refractivity contribution in [1.82, 2.24) is 10.3 Å². The normalized spacial score (nSPS) is 10.7. The molecule has 0 saturated carbocycles. The Labute approximate surface area is 148 Å². The summed E-state index contributed by atoms with van der Waals surface area (Å²) < 4.78 is 0. The molecule has 0 atom stereocenters. The van der Waals surface area contributed by atoms with E-state index in [2.05, 4.69) is 29.5 Å². The molecule has 0 bridgehead atoms. The van der Waals surface area contributed by atoms with Crippen molar-refractivity contribution in [3.05, 3.63) is 58.9 Å². The molecule has 24 heavy (non-hydrogen) atoms. The van der Waals surface area contributed by atoms with Gasteiger partial charge in [-0.1, -0.05) is 37.6 Å². The number of carbonyl (C=O) groups is 1. The number of hydrogen-bond acceptors (Lipinski definition) is 3. The van der Waals surface area contributed by atoms with E-state index in [1.54, 1.807) is 12.3 Å². The molecule has 2 rings (SSSR count). The van der Waals surface area contributed by atoms with Crippen LogP contribution in [-0.2, 0) is 6.42 Å². The predicted octanol–water partition coefficient (Wildman–Crippen LogP) is 4.17. The minimum atomic E-state index is -0.162. The van der Waals surface area contributed by atoms with E-state index in [1.165, 1.54) is 0 Å². The number of carbonyl (C=O) groups excluding carboxylic acids is 1. The molecular formula is C19H24ClN3O. The molecule has 0 unspecified atom stereocenters. The molecular weight excluding hydrogens is 322 g/mol. The van der Waals surface area contributed by atoms with Crippen LogP contribution >= 0.6 is 11.6 Å². The van der Waals surface area contributed by atoms with Gasteiger partial charge in [0, 0.05) is 30.0 Å². The number of nitrogens with one attached hydrogen (secondary N) is 2. The number of anilines is 1. The van der Waals surface area contributed by atoms with Crippen LogP contribution in [0.25, 0.3) is 0 Å². The number of nitrogens with zero attached hydrogens (tertiary/aromatic N) is 1. The second-order valence-electron chi connectivity index (χ2n) is 6.17. The van der Waals surface area contributed by atoms with Crippen molar-refractivity contribution in [2.45, 2.75) is 26.7 Å². The lowest BCUT2D eigenvalue weighted by molar-refractivity contribution is 0.0949. The quantitative estimate of drug-likeness (QED) is 0.755. The van der Waals surface area contributed by atoms with Crippen LogP contribution in [0.1, 0.15) is 36.3 Å². The van der Waals surface area contributed by atoms with Crippen LogP contribution in [0.15, 0.2) is 42.6 Å². The van der Waals surface area contributed by atoms with Gasteiger partial charge in [-0.3, -0.25) is 9.78 Å². The van der Waals surface area contributed by atoms with E-state index in [9.17, 15) is 4.79 Å². The first kappa shape index (κ1) is 18.3. The summed E-state index contributed by atoms with van der Waals surface area (Å²) in [6.07, 6.45) is 3.48. The summed E-state index contributed by atoms with van der Waals surface area (Å²) in [5, 5.41) is 6.93. The summed E-state index contributed by atoms with van der Waals surface area (Å²) in [5.41, 5.74) is 2.45. The van der Waals surface area contributed by atoms with Crippen molar-refractivity contribution in [2.24, 2.45) is 5.92 Å². The average Bonchev–Trinajstić information content (AvgIpc) is 2.55.